The molecule has 0 aliphatic heterocycles. The minimum absolute atomic E-state index is 0.116. The number of nitrogens with zero attached hydrogens (tertiary/aromatic N) is 1. The lowest BCUT2D eigenvalue weighted by Crippen LogP contribution is -2.41. The molecule has 1 heterocycles. The first kappa shape index (κ1) is 20.9. The normalized spacial score (nSPS) is 11.1. The smallest absolute Gasteiger partial charge is 0.335 e. The van der Waals surface area contributed by atoms with Gasteiger partial charge in [-0.25, -0.2) is 18.6 Å². The van der Waals surface area contributed by atoms with Crippen LogP contribution in [-0.2, 0) is 5.54 Å². The van der Waals surface area contributed by atoms with Gasteiger partial charge in [-0.1, -0.05) is 12.1 Å². The van der Waals surface area contributed by atoms with Gasteiger partial charge >= 0.3 is 5.97 Å². The number of carboxylic acid groups (broad SMARTS) is 1. The second kappa shape index (κ2) is 8.28. The molecule has 0 unspecified atom stereocenters. The molecule has 154 valence electrons. The molecule has 0 fully saturated rings. The van der Waals surface area contributed by atoms with E-state index in [9.17, 15) is 18.4 Å². The van der Waals surface area contributed by atoms with Crippen molar-refractivity contribution in [1.29, 1.82) is 0 Å². The Labute approximate surface area is 171 Å². The number of pyridine rings is 1. The van der Waals surface area contributed by atoms with Crippen molar-refractivity contribution in [1.82, 2.24) is 10.3 Å². The van der Waals surface area contributed by atoms with Gasteiger partial charge in [-0.2, -0.15) is 0 Å². The first-order valence-electron chi connectivity index (χ1n) is 8.91. The number of aromatic carboxylic acids is 1. The lowest BCUT2D eigenvalue weighted by molar-refractivity contribution is 0.0696. The van der Waals surface area contributed by atoms with Gasteiger partial charge in [-0.05, 0) is 61.9 Å². The van der Waals surface area contributed by atoms with E-state index < -0.39 is 29.0 Å². The molecule has 0 bridgehead atoms. The van der Waals surface area contributed by atoms with Crippen LogP contribution in [0.4, 0.5) is 8.78 Å². The lowest BCUT2D eigenvalue weighted by Gasteiger charge is -2.27. The number of carboxylic acids is 1. The SMILES string of the molecule is CC(C)(NC(=O)c1cc(F)cnc1Oc1ccc(F)cc1)c1ccc(C(=O)O)cc1. The number of benzene rings is 2. The number of rotatable bonds is 6. The summed E-state index contributed by atoms with van der Waals surface area (Å²) in [6, 6.07) is 12.1. The minimum atomic E-state index is -1.06. The summed E-state index contributed by atoms with van der Waals surface area (Å²) in [7, 11) is 0. The van der Waals surface area contributed by atoms with Gasteiger partial charge < -0.3 is 15.2 Å². The molecular weight excluding hydrogens is 394 g/mol. The van der Waals surface area contributed by atoms with E-state index in [2.05, 4.69) is 10.3 Å². The topological polar surface area (TPSA) is 88.5 Å². The van der Waals surface area contributed by atoms with Crippen LogP contribution in [0.1, 0.15) is 40.1 Å². The molecule has 6 nitrogen and oxygen atoms in total. The van der Waals surface area contributed by atoms with Gasteiger partial charge in [0.2, 0.25) is 5.88 Å². The zero-order chi connectivity index (χ0) is 21.9. The number of ether oxygens (including phenoxy) is 1. The summed E-state index contributed by atoms with van der Waals surface area (Å²) in [5.41, 5.74) is -0.293. The molecule has 3 aromatic rings. The van der Waals surface area contributed by atoms with Crippen LogP contribution in [0.15, 0.2) is 60.8 Å². The Morgan fingerprint density at radius 1 is 1.00 bits per heavy atom. The second-order valence-electron chi connectivity index (χ2n) is 7.02. The summed E-state index contributed by atoms with van der Waals surface area (Å²) in [6.45, 7) is 3.43. The van der Waals surface area contributed by atoms with Gasteiger partial charge in [0, 0.05) is 0 Å². The second-order valence-corrected chi connectivity index (χ2v) is 7.02. The van der Waals surface area contributed by atoms with Gasteiger partial charge in [-0.3, -0.25) is 4.79 Å². The molecule has 0 radical (unpaired) electrons. The van der Waals surface area contributed by atoms with Crippen molar-refractivity contribution in [2.45, 2.75) is 19.4 Å². The maximum atomic E-state index is 13.8. The third-order valence-electron chi connectivity index (χ3n) is 4.37. The molecule has 0 spiro atoms. The minimum Gasteiger partial charge on any atom is -0.478 e. The van der Waals surface area contributed by atoms with Crippen LogP contribution in [0.25, 0.3) is 0 Å². The molecule has 3 rings (SSSR count). The molecule has 30 heavy (non-hydrogen) atoms. The van der Waals surface area contributed by atoms with E-state index in [1.165, 1.54) is 36.4 Å². The summed E-state index contributed by atoms with van der Waals surface area (Å²) in [5.74, 6) is -2.80. The summed E-state index contributed by atoms with van der Waals surface area (Å²) in [4.78, 5) is 27.7. The number of hydrogen-bond donors (Lipinski definition) is 2. The number of aromatic nitrogens is 1. The van der Waals surface area contributed by atoms with Gasteiger partial charge in [0.15, 0.2) is 0 Å². The molecule has 0 saturated heterocycles. The zero-order valence-electron chi connectivity index (χ0n) is 16.1. The maximum absolute atomic E-state index is 13.8. The fraction of sp³-hybridized carbons (Fsp3) is 0.136. The van der Waals surface area contributed by atoms with Crippen molar-refractivity contribution in [3.8, 4) is 11.6 Å². The lowest BCUT2D eigenvalue weighted by atomic mass is 9.93. The van der Waals surface area contributed by atoms with Crippen LogP contribution in [0.3, 0.4) is 0 Å². The highest BCUT2D eigenvalue weighted by atomic mass is 19.1. The fourth-order valence-corrected chi connectivity index (χ4v) is 2.74. The van der Waals surface area contributed by atoms with Gasteiger partial charge in [-0.15, -0.1) is 0 Å². The highest BCUT2D eigenvalue weighted by molar-refractivity contribution is 5.97. The summed E-state index contributed by atoms with van der Waals surface area (Å²) in [5, 5.41) is 11.8. The Morgan fingerprint density at radius 3 is 2.23 bits per heavy atom. The van der Waals surface area contributed by atoms with Gasteiger partial charge in [0.25, 0.3) is 5.91 Å². The monoisotopic (exact) mass is 412 g/mol. The predicted molar refractivity (Wildman–Crippen MR) is 105 cm³/mol. The summed E-state index contributed by atoms with van der Waals surface area (Å²) in [6.07, 6.45) is 0.908. The number of hydrogen-bond acceptors (Lipinski definition) is 4. The molecule has 0 atom stereocenters. The molecule has 8 heteroatoms. The Hall–Kier alpha value is -3.81. The average molecular weight is 412 g/mol. The Balaban J connectivity index is 1.85. The van der Waals surface area contributed by atoms with E-state index in [0.29, 0.717) is 5.56 Å². The highest BCUT2D eigenvalue weighted by Crippen LogP contribution is 2.26. The van der Waals surface area contributed by atoms with Crippen LogP contribution < -0.4 is 10.1 Å². The molecule has 2 aromatic carbocycles. The molecule has 2 N–H and O–H groups in total. The van der Waals surface area contributed by atoms with Crippen LogP contribution in [0, 0.1) is 11.6 Å². The fourth-order valence-electron chi connectivity index (χ4n) is 2.74. The molecule has 1 aromatic heterocycles. The van der Waals surface area contributed by atoms with Crippen LogP contribution in [0.2, 0.25) is 0 Å². The Morgan fingerprint density at radius 2 is 1.63 bits per heavy atom. The molecule has 1 amide bonds. The predicted octanol–water partition coefficient (Wildman–Crippen LogP) is 4.52. The number of carbonyl (C=O) groups excluding carboxylic acids is 1. The average Bonchev–Trinajstić information content (AvgIpc) is 2.70. The van der Waals surface area contributed by atoms with Gasteiger partial charge in [0.1, 0.15) is 22.9 Å². The van der Waals surface area contributed by atoms with Crippen LogP contribution in [-0.4, -0.2) is 22.0 Å². The van der Waals surface area contributed by atoms with Crippen LogP contribution in [0.5, 0.6) is 11.6 Å². The van der Waals surface area contributed by atoms with E-state index in [-0.39, 0.29) is 22.8 Å². The van der Waals surface area contributed by atoms with Crippen molar-refractivity contribution in [2.24, 2.45) is 0 Å². The van der Waals surface area contributed by atoms with E-state index in [1.807, 2.05) is 0 Å². The van der Waals surface area contributed by atoms with Crippen molar-refractivity contribution < 1.29 is 28.2 Å². The van der Waals surface area contributed by atoms with Crippen molar-refractivity contribution in [3.05, 3.63) is 89.1 Å². The number of halogens is 2. The largest absolute Gasteiger partial charge is 0.478 e. The molecule has 0 aliphatic rings. The molecule has 0 aliphatic carbocycles. The van der Waals surface area contributed by atoms with E-state index in [0.717, 1.165) is 12.3 Å². The number of nitrogens with one attached hydrogen (secondary N) is 1. The first-order valence-corrected chi connectivity index (χ1v) is 8.91. The van der Waals surface area contributed by atoms with E-state index in [1.54, 1.807) is 26.0 Å². The third kappa shape index (κ3) is 4.78. The number of amides is 1. The van der Waals surface area contributed by atoms with Crippen LogP contribution >= 0.6 is 0 Å². The number of carbonyl (C=O) groups is 2. The third-order valence-corrected chi connectivity index (χ3v) is 4.37. The molecular formula is C22H18F2N2O4. The molecule has 0 saturated carbocycles. The zero-order valence-corrected chi connectivity index (χ0v) is 16.1. The Bertz CT molecular complexity index is 1080. The van der Waals surface area contributed by atoms with Crippen molar-refractivity contribution in [3.63, 3.8) is 0 Å². The summed E-state index contributed by atoms with van der Waals surface area (Å²) < 4.78 is 32.4. The van der Waals surface area contributed by atoms with Crippen molar-refractivity contribution in [2.75, 3.05) is 0 Å². The maximum Gasteiger partial charge on any atom is 0.335 e. The van der Waals surface area contributed by atoms with Gasteiger partial charge in [0.05, 0.1) is 17.3 Å². The first-order chi connectivity index (χ1) is 14.2. The highest BCUT2D eigenvalue weighted by Gasteiger charge is 2.26. The Kier molecular flexibility index (Phi) is 5.77. The quantitative estimate of drug-likeness (QED) is 0.622. The van der Waals surface area contributed by atoms with Crippen molar-refractivity contribution >= 4 is 11.9 Å². The van der Waals surface area contributed by atoms with E-state index >= 15 is 0 Å². The standard InChI is InChI=1S/C22H18F2N2O4/c1-22(2,14-5-3-13(4-6-14)21(28)29)26-19(27)18-11-16(24)12-25-20(18)30-17-9-7-15(23)8-10-17/h3-12H,1-2H3,(H,26,27)(H,28,29). The van der Waals surface area contributed by atoms with E-state index in [4.69, 9.17) is 9.84 Å². The summed E-state index contributed by atoms with van der Waals surface area (Å²) >= 11 is 0.